The van der Waals surface area contributed by atoms with Gasteiger partial charge in [-0.2, -0.15) is 0 Å². The molecule has 1 fully saturated rings. The number of nitrogen functional groups attached to an aromatic ring is 1. The van der Waals surface area contributed by atoms with Gasteiger partial charge in [-0.05, 0) is 31.0 Å². The lowest BCUT2D eigenvalue weighted by Crippen LogP contribution is -2.36. The molecule has 1 saturated heterocycles. The molecule has 2 heterocycles. The monoisotopic (exact) mass is 235 g/mol. The highest BCUT2D eigenvalue weighted by Gasteiger charge is 2.31. The fourth-order valence-corrected chi connectivity index (χ4v) is 2.18. The minimum atomic E-state index is -0.147. The second kappa shape index (κ2) is 5.14. The molecule has 0 bridgehead atoms. The third-order valence-corrected chi connectivity index (χ3v) is 3.07. The Morgan fingerprint density at radius 2 is 2.47 bits per heavy atom. The molecule has 1 unspecified atom stereocenters. The molecule has 0 aliphatic carbocycles. The maximum Gasteiger partial charge on any atom is 0.323 e. The van der Waals surface area contributed by atoms with Gasteiger partial charge in [0.25, 0.3) is 0 Å². The first-order valence-electron chi connectivity index (χ1n) is 5.73. The molecule has 17 heavy (non-hydrogen) atoms. The van der Waals surface area contributed by atoms with Crippen molar-refractivity contribution in [1.82, 2.24) is 9.88 Å². The van der Waals surface area contributed by atoms with Crippen LogP contribution < -0.4 is 5.73 Å². The molecule has 1 atom stereocenters. The van der Waals surface area contributed by atoms with E-state index in [-0.39, 0.29) is 12.0 Å². The summed E-state index contributed by atoms with van der Waals surface area (Å²) in [5.41, 5.74) is 6.60. The van der Waals surface area contributed by atoms with Crippen LogP contribution in [-0.2, 0) is 16.1 Å². The maximum absolute atomic E-state index is 11.6. The molecule has 0 amide bonds. The minimum Gasteiger partial charge on any atom is -0.468 e. The molecule has 1 aromatic rings. The van der Waals surface area contributed by atoms with Crippen LogP contribution in [0.2, 0.25) is 0 Å². The molecule has 2 rings (SSSR count). The molecular weight excluding hydrogens is 218 g/mol. The van der Waals surface area contributed by atoms with Gasteiger partial charge in [-0.15, -0.1) is 0 Å². The largest absolute Gasteiger partial charge is 0.468 e. The SMILES string of the molecule is COC(=O)C1CCCN1Cc1ccc(N)nc1. The van der Waals surface area contributed by atoms with E-state index in [1.807, 2.05) is 6.07 Å². The van der Waals surface area contributed by atoms with Crippen LogP contribution in [0.5, 0.6) is 0 Å². The first kappa shape index (κ1) is 11.9. The molecule has 0 spiro atoms. The topological polar surface area (TPSA) is 68.5 Å². The molecule has 2 N–H and O–H groups in total. The van der Waals surface area contributed by atoms with Gasteiger partial charge in [0, 0.05) is 12.7 Å². The summed E-state index contributed by atoms with van der Waals surface area (Å²) >= 11 is 0. The Kier molecular flexibility index (Phi) is 3.58. The number of hydrogen-bond acceptors (Lipinski definition) is 5. The van der Waals surface area contributed by atoms with Crippen LogP contribution in [0.25, 0.3) is 0 Å². The maximum atomic E-state index is 11.6. The summed E-state index contributed by atoms with van der Waals surface area (Å²) in [6.45, 7) is 1.64. The van der Waals surface area contributed by atoms with Crippen molar-refractivity contribution in [3.8, 4) is 0 Å². The lowest BCUT2D eigenvalue weighted by Gasteiger charge is -2.22. The van der Waals surface area contributed by atoms with Gasteiger partial charge in [0.1, 0.15) is 11.9 Å². The van der Waals surface area contributed by atoms with Crippen LogP contribution in [0.15, 0.2) is 18.3 Å². The first-order valence-corrected chi connectivity index (χ1v) is 5.73. The number of nitrogens with zero attached hydrogens (tertiary/aromatic N) is 2. The second-order valence-corrected chi connectivity index (χ2v) is 4.24. The zero-order valence-corrected chi connectivity index (χ0v) is 9.93. The summed E-state index contributed by atoms with van der Waals surface area (Å²) in [6, 6.07) is 3.60. The predicted octanol–water partition coefficient (Wildman–Crippen LogP) is 0.801. The number of anilines is 1. The van der Waals surface area contributed by atoms with Gasteiger partial charge < -0.3 is 10.5 Å². The standard InChI is InChI=1S/C12H17N3O2/c1-17-12(16)10-3-2-6-15(10)8-9-4-5-11(13)14-7-9/h4-5,7,10H,2-3,6,8H2,1H3,(H2,13,14). The predicted molar refractivity (Wildman–Crippen MR) is 64.1 cm³/mol. The van der Waals surface area contributed by atoms with Gasteiger partial charge in [-0.25, -0.2) is 4.98 Å². The Labute approximate surface area is 101 Å². The molecule has 92 valence electrons. The van der Waals surface area contributed by atoms with Crippen molar-refractivity contribution in [2.45, 2.75) is 25.4 Å². The van der Waals surface area contributed by atoms with E-state index in [0.717, 1.165) is 24.9 Å². The Hall–Kier alpha value is -1.62. The third-order valence-electron chi connectivity index (χ3n) is 3.07. The van der Waals surface area contributed by atoms with Crippen molar-refractivity contribution in [2.75, 3.05) is 19.4 Å². The summed E-state index contributed by atoms with van der Waals surface area (Å²) < 4.78 is 4.80. The van der Waals surface area contributed by atoms with Crippen LogP contribution in [0, 0.1) is 0 Å². The van der Waals surface area contributed by atoms with Gasteiger partial charge in [0.2, 0.25) is 0 Å². The fraction of sp³-hybridized carbons (Fsp3) is 0.500. The van der Waals surface area contributed by atoms with Crippen LogP contribution >= 0.6 is 0 Å². The van der Waals surface area contributed by atoms with Crippen molar-refractivity contribution in [1.29, 1.82) is 0 Å². The van der Waals surface area contributed by atoms with Gasteiger partial charge in [-0.3, -0.25) is 9.69 Å². The number of carbonyl (C=O) groups is 1. The highest BCUT2D eigenvalue weighted by Crippen LogP contribution is 2.20. The number of esters is 1. The second-order valence-electron chi connectivity index (χ2n) is 4.24. The summed E-state index contributed by atoms with van der Waals surface area (Å²) in [4.78, 5) is 17.7. The summed E-state index contributed by atoms with van der Waals surface area (Å²) in [7, 11) is 1.43. The molecule has 0 saturated carbocycles. The van der Waals surface area contributed by atoms with Gasteiger partial charge in [0.05, 0.1) is 7.11 Å². The van der Waals surface area contributed by atoms with Crippen LogP contribution in [0.1, 0.15) is 18.4 Å². The van der Waals surface area contributed by atoms with Gasteiger partial charge in [-0.1, -0.05) is 6.07 Å². The van der Waals surface area contributed by atoms with Crippen LogP contribution in [-0.4, -0.2) is 35.5 Å². The molecule has 1 aromatic heterocycles. The first-order chi connectivity index (χ1) is 8.20. The van der Waals surface area contributed by atoms with E-state index < -0.39 is 0 Å². The van der Waals surface area contributed by atoms with E-state index in [2.05, 4.69) is 9.88 Å². The Morgan fingerprint density at radius 1 is 1.65 bits per heavy atom. The van der Waals surface area contributed by atoms with E-state index in [0.29, 0.717) is 12.4 Å². The molecule has 1 aliphatic heterocycles. The highest BCUT2D eigenvalue weighted by molar-refractivity contribution is 5.75. The van der Waals surface area contributed by atoms with E-state index in [1.54, 1.807) is 12.3 Å². The average Bonchev–Trinajstić information content (AvgIpc) is 2.79. The smallest absolute Gasteiger partial charge is 0.323 e. The number of methoxy groups -OCH3 is 1. The van der Waals surface area contributed by atoms with E-state index >= 15 is 0 Å². The fourth-order valence-electron chi connectivity index (χ4n) is 2.18. The minimum absolute atomic E-state index is 0.113. The number of carbonyl (C=O) groups excluding carboxylic acids is 1. The number of hydrogen-bond donors (Lipinski definition) is 1. The molecule has 1 aliphatic rings. The molecular formula is C12H17N3O2. The Morgan fingerprint density at radius 3 is 3.12 bits per heavy atom. The number of pyridine rings is 1. The third kappa shape index (κ3) is 2.74. The number of rotatable bonds is 3. The number of likely N-dealkylation sites (tertiary alicyclic amines) is 1. The highest BCUT2D eigenvalue weighted by atomic mass is 16.5. The van der Waals surface area contributed by atoms with Gasteiger partial charge in [0.15, 0.2) is 0 Å². The molecule has 5 nitrogen and oxygen atoms in total. The molecule has 0 aromatic carbocycles. The van der Waals surface area contributed by atoms with E-state index in [4.69, 9.17) is 10.5 Å². The molecule has 0 radical (unpaired) electrons. The van der Waals surface area contributed by atoms with Crippen LogP contribution in [0.3, 0.4) is 0 Å². The van der Waals surface area contributed by atoms with Crippen molar-refractivity contribution < 1.29 is 9.53 Å². The summed E-state index contributed by atoms with van der Waals surface area (Å²) in [5, 5.41) is 0. The quantitative estimate of drug-likeness (QED) is 0.785. The number of ether oxygens (including phenoxy) is 1. The van der Waals surface area contributed by atoms with Crippen molar-refractivity contribution in [3.63, 3.8) is 0 Å². The van der Waals surface area contributed by atoms with E-state index in [9.17, 15) is 4.79 Å². The Bertz CT molecular complexity index is 391. The summed E-state index contributed by atoms with van der Waals surface area (Å²) in [6.07, 6.45) is 3.65. The van der Waals surface area contributed by atoms with Crippen LogP contribution in [0.4, 0.5) is 5.82 Å². The van der Waals surface area contributed by atoms with E-state index in [1.165, 1.54) is 7.11 Å². The van der Waals surface area contributed by atoms with Crippen molar-refractivity contribution in [2.24, 2.45) is 0 Å². The van der Waals surface area contributed by atoms with Crippen molar-refractivity contribution >= 4 is 11.8 Å². The normalized spacial score (nSPS) is 20.4. The van der Waals surface area contributed by atoms with Gasteiger partial charge >= 0.3 is 5.97 Å². The summed E-state index contributed by atoms with van der Waals surface area (Å²) in [5.74, 6) is 0.366. The number of aromatic nitrogens is 1. The zero-order chi connectivity index (χ0) is 12.3. The zero-order valence-electron chi connectivity index (χ0n) is 9.93. The average molecular weight is 235 g/mol. The van der Waals surface area contributed by atoms with Crippen molar-refractivity contribution in [3.05, 3.63) is 23.9 Å². The Balaban J connectivity index is 2.02. The lowest BCUT2D eigenvalue weighted by atomic mass is 10.2. The number of nitrogens with two attached hydrogens (primary N) is 1. The lowest BCUT2D eigenvalue weighted by molar-refractivity contribution is -0.146. The molecule has 5 heteroatoms.